The van der Waals surface area contributed by atoms with Gasteiger partial charge < -0.3 is 19.1 Å². The van der Waals surface area contributed by atoms with E-state index in [2.05, 4.69) is 5.16 Å². The largest absolute Gasteiger partial charge is 0.496 e. The van der Waals surface area contributed by atoms with Crippen LogP contribution in [0, 0.1) is 6.92 Å². The fourth-order valence-corrected chi connectivity index (χ4v) is 2.29. The zero-order valence-corrected chi connectivity index (χ0v) is 11.8. The molecule has 2 aromatic rings. The standard InChI is InChI=1S/C13H12ClNO5/c1-6-4-8(18-2)10(11(14)12(6)19-3)7-5-9(13(16)17)20-15-7/h4-5H,1-3H3,(H,16,17). The minimum absolute atomic E-state index is 0.266. The van der Waals surface area contributed by atoms with Crippen LogP contribution >= 0.6 is 11.6 Å². The van der Waals surface area contributed by atoms with Crippen molar-refractivity contribution >= 4 is 17.6 Å². The Labute approximate surface area is 119 Å². The van der Waals surface area contributed by atoms with E-state index >= 15 is 0 Å². The molecule has 2 rings (SSSR count). The summed E-state index contributed by atoms with van der Waals surface area (Å²) in [5, 5.41) is 12.9. The van der Waals surface area contributed by atoms with Crippen LogP contribution < -0.4 is 9.47 Å². The van der Waals surface area contributed by atoms with Crippen LogP contribution in [0.4, 0.5) is 0 Å². The Balaban J connectivity index is 2.67. The maximum absolute atomic E-state index is 10.8. The van der Waals surface area contributed by atoms with Gasteiger partial charge in [0, 0.05) is 6.07 Å². The number of ether oxygens (including phenoxy) is 2. The van der Waals surface area contributed by atoms with Crippen LogP contribution in [0.2, 0.25) is 5.02 Å². The molecular formula is C13H12ClNO5. The van der Waals surface area contributed by atoms with Crippen LogP contribution in [0.5, 0.6) is 11.5 Å². The lowest BCUT2D eigenvalue weighted by molar-refractivity contribution is 0.0652. The molecule has 0 radical (unpaired) electrons. The summed E-state index contributed by atoms with van der Waals surface area (Å²) in [4.78, 5) is 10.8. The number of aryl methyl sites for hydroxylation is 1. The number of aromatic nitrogens is 1. The predicted octanol–water partition coefficient (Wildman–Crippen LogP) is 3.02. The van der Waals surface area contributed by atoms with Crippen LogP contribution in [0.15, 0.2) is 16.7 Å². The second-order valence-electron chi connectivity index (χ2n) is 4.00. The summed E-state index contributed by atoms with van der Waals surface area (Å²) in [6.45, 7) is 1.82. The van der Waals surface area contributed by atoms with E-state index in [1.165, 1.54) is 20.3 Å². The molecule has 1 heterocycles. The van der Waals surface area contributed by atoms with Crippen LogP contribution in [0.3, 0.4) is 0 Å². The minimum Gasteiger partial charge on any atom is -0.496 e. The third kappa shape index (κ3) is 2.30. The molecule has 6 nitrogen and oxygen atoms in total. The lowest BCUT2D eigenvalue weighted by atomic mass is 10.1. The molecule has 0 bridgehead atoms. The van der Waals surface area contributed by atoms with Gasteiger partial charge in [0.2, 0.25) is 5.76 Å². The molecule has 1 aromatic heterocycles. The van der Waals surface area contributed by atoms with E-state index < -0.39 is 5.97 Å². The van der Waals surface area contributed by atoms with Gasteiger partial charge in [0.1, 0.15) is 17.2 Å². The fourth-order valence-electron chi connectivity index (χ4n) is 1.87. The monoisotopic (exact) mass is 297 g/mol. The maximum Gasteiger partial charge on any atom is 0.374 e. The number of rotatable bonds is 4. The molecule has 106 valence electrons. The smallest absolute Gasteiger partial charge is 0.374 e. The van der Waals surface area contributed by atoms with Crippen molar-refractivity contribution in [2.24, 2.45) is 0 Å². The highest BCUT2D eigenvalue weighted by Gasteiger charge is 2.22. The second kappa shape index (κ2) is 5.42. The first-order chi connectivity index (χ1) is 9.49. The van der Waals surface area contributed by atoms with E-state index in [4.69, 9.17) is 30.7 Å². The van der Waals surface area contributed by atoms with E-state index in [1.54, 1.807) is 6.07 Å². The number of nitrogens with zero attached hydrogens (tertiary/aromatic N) is 1. The Morgan fingerprint density at radius 1 is 1.35 bits per heavy atom. The van der Waals surface area contributed by atoms with Crippen molar-refractivity contribution in [3.8, 4) is 22.8 Å². The summed E-state index contributed by atoms with van der Waals surface area (Å²) in [5.74, 6) is -0.559. The number of halogens is 1. The number of aromatic carboxylic acids is 1. The summed E-state index contributed by atoms with van der Waals surface area (Å²) < 4.78 is 15.2. The lowest BCUT2D eigenvalue weighted by Crippen LogP contribution is -1.96. The van der Waals surface area contributed by atoms with Gasteiger partial charge in [0.05, 0.1) is 24.8 Å². The molecule has 0 amide bonds. The van der Waals surface area contributed by atoms with Gasteiger partial charge in [0.25, 0.3) is 0 Å². The zero-order valence-electron chi connectivity index (χ0n) is 11.1. The van der Waals surface area contributed by atoms with Crippen molar-refractivity contribution in [3.05, 3.63) is 28.5 Å². The molecule has 0 aliphatic heterocycles. The molecule has 20 heavy (non-hydrogen) atoms. The van der Waals surface area contributed by atoms with Crippen LogP contribution in [0.25, 0.3) is 11.3 Å². The number of hydrogen-bond donors (Lipinski definition) is 1. The van der Waals surface area contributed by atoms with Crippen molar-refractivity contribution in [3.63, 3.8) is 0 Å². The van der Waals surface area contributed by atoms with Gasteiger partial charge in [-0.25, -0.2) is 4.79 Å². The summed E-state index contributed by atoms with van der Waals surface area (Å²) in [6.07, 6.45) is 0. The van der Waals surface area contributed by atoms with Crippen LogP contribution in [-0.2, 0) is 0 Å². The molecule has 1 N–H and O–H groups in total. The van der Waals surface area contributed by atoms with Gasteiger partial charge in [-0.3, -0.25) is 0 Å². The number of carboxylic acids is 1. The number of carboxylic acid groups (broad SMARTS) is 1. The lowest BCUT2D eigenvalue weighted by Gasteiger charge is -2.14. The van der Waals surface area contributed by atoms with Gasteiger partial charge >= 0.3 is 5.97 Å². The van der Waals surface area contributed by atoms with Crippen molar-refractivity contribution in [2.75, 3.05) is 14.2 Å². The number of methoxy groups -OCH3 is 2. The highest BCUT2D eigenvalue weighted by molar-refractivity contribution is 6.35. The van der Waals surface area contributed by atoms with E-state index in [0.717, 1.165) is 5.56 Å². The maximum atomic E-state index is 10.8. The Bertz CT molecular complexity index is 665. The molecule has 0 atom stereocenters. The molecule has 0 saturated carbocycles. The number of hydrogen-bond acceptors (Lipinski definition) is 5. The summed E-state index contributed by atoms with van der Waals surface area (Å²) in [7, 11) is 2.98. The average molecular weight is 298 g/mol. The molecule has 0 spiro atoms. The normalized spacial score (nSPS) is 10.4. The van der Waals surface area contributed by atoms with Crippen LogP contribution in [0.1, 0.15) is 16.1 Å². The first-order valence-electron chi connectivity index (χ1n) is 5.61. The quantitative estimate of drug-likeness (QED) is 0.934. The molecule has 7 heteroatoms. The first-order valence-corrected chi connectivity index (χ1v) is 5.98. The summed E-state index contributed by atoms with van der Waals surface area (Å²) in [5.41, 5.74) is 1.48. The molecule has 0 aliphatic rings. The first kappa shape index (κ1) is 14.2. The Morgan fingerprint density at radius 2 is 2.05 bits per heavy atom. The minimum atomic E-state index is -1.21. The van der Waals surface area contributed by atoms with Gasteiger partial charge in [-0.2, -0.15) is 0 Å². The van der Waals surface area contributed by atoms with Gasteiger partial charge in [0.15, 0.2) is 0 Å². The molecule has 1 aromatic carbocycles. The van der Waals surface area contributed by atoms with E-state index in [1.807, 2.05) is 6.92 Å². The highest BCUT2D eigenvalue weighted by atomic mass is 35.5. The van der Waals surface area contributed by atoms with E-state index in [-0.39, 0.29) is 16.5 Å². The van der Waals surface area contributed by atoms with Gasteiger partial charge in [-0.1, -0.05) is 16.8 Å². The van der Waals surface area contributed by atoms with Crippen molar-refractivity contribution < 1.29 is 23.9 Å². The van der Waals surface area contributed by atoms with E-state index in [0.29, 0.717) is 17.1 Å². The van der Waals surface area contributed by atoms with Crippen LogP contribution in [-0.4, -0.2) is 30.5 Å². The number of benzene rings is 1. The molecular weight excluding hydrogens is 286 g/mol. The fraction of sp³-hybridized carbons (Fsp3) is 0.231. The molecule has 0 unspecified atom stereocenters. The third-order valence-electron chi connectivity index (χ3n) is 2.77. The topological polar surface area (TPSA) is 81.8 Å². The summed E-state index contributed by atoms with van der Waals surface area (Å²) in [6, 6.07) is 3.01. The number of carbonyl (C=O) groups is 1. The SMILES string of the molecule is COc1cc(C)c(OC)c(Cl)c1-c1cc(C(=O)O)on1. The highest BCUT2D eigenvalue weighted by Crippen LogP contribution is 2.43. The predicted molar refractivity (Wildman–Crippen MR) is 71.7 cm³/mol. The second-order valence-corrected chi connectivity index (χ2v) is 4.38. The Hall–Kier alpha value is -2.21. The third-order valence-corrected chi connectivity index (χ3v) is 3.13. The average Bonchev–Trinajstić information content (AvgIpc) is 2.87. The van der Waals surface area contributed by atoms with Crippen molar-refractivity contribution in [1.82, 2.24) is 5.16 Å². The van der Waals surface area contributed by atoms with Crippen molar-refractivity contribution in [2.45, 2.75) is 6.92 Å². The Kier molecular flexibility index (Phi) is 3.85. The van der Waals surface area contributed by atoms with Gasteiger partial charge in [-0.15, -0.1) is 0 Å². The van der Waals surface area contributed by atoms with Gasteiger partial charge in [-0.05, 0) is 18.6 Å². The summed E-state index contributed by atoms with van der Waals surface area (Å²) >= 11 is 6.29. The Morgan fingerprint density at radius 3 is 2.55 bits per heavy atom. The molecule has 0 fully saturated rings. The van der Waals surface area contributed by atoms with E-state index in [9.17, 15) is 4.79 Å². The zero-order chi connectivity index (χ0) is 14.9. The molecule has 0 saturated heterocycles. The molecule has 0 aliphatic carbocycles. The van der Waals surface area contributed by atoms with Crippen molar-refractivity contribution in [1.29, 1.82) is 0 Å².